The Morgan fingerprint density at radius 1 is 1.12 bits per heavy atom. The van der Waals surface area contributed by atoms with Crippen LogP contribution in [0.25, 0.3) is 10.9 Å². The van der Waals surface area contributed by atoms with Crippen molar-refractivity contribution in [1.82, 2.24) is 10.3 Å². The number of hydrogen-bond donors (Lipinski definition) is 2. The lowest BCUT2D eigenvalue weighted by Crippen LogP contribution is -2.21. The third kappa shape index (κ3) is 4.11. The molecule has 0 atom stereocenters. The van der Waals surface area contributed by atoms with Crippen molar-refractivity contribution in [2.45, 2.75) is 33.3 Å². The van der Waals surface area contributed by atoms with Crippen LogP contribution in [-0.2, 0) is 17.8 Å². The van der Waals surface area contributed by atoms with Gasteiger partial charge in [-0.3, -0.25) is 4.79 Å². The molecule has 3 aromatic rings. The van der Waals surface area contributed by atoms with Crippen LogP contribution in [0, 0.1) is 0 Å². The zero-order valence-electron chi connectivity index (χ0n) is 15.1. The SMILES string of the molecule is CCC.O=C1Cc2c([nH]c3ccc(OCc4ccccc4)cc23)N=CN1. The van der Waals surface area contributed by atoms with Crippen molar-refractivity contribution >= 4 is 29.0 Å². The molecule has 2 heterocycles. The fraction of sp³-hybridized carbons (Fsp3) is 0.238. The fourth-order valence-corrected chi connectivity index (χ4v) is 2.71. The number of benzene rings is 2. The minimum Gasteiger partial charge on any atom is -0.489 e. The highest BCUT2D eigenvalue weighted by Gasteiger charge is 2.17. The number of ether oxygens (including phenoxy) is 1. The van der Waals surface area contributed by atoms with Crippen LogP contribution in [0.4, 0.5) is 5.82 Å². The van der Waals surface area contributed by atoms with Crippen molar-refractivity contribution in [3.63, 3.8) is 0 Å². The number of aromatic amines is 1. The summed E-state index contributed by atoms with van der Waals surface area (Å²) in [6.07, 6.45) is 2.98. The summed E-state index contributed by atoms with van der Waals surface area (Å²) in [6.45, 7) is 4.76. The molecule has 0 bridgehead atoms. The van der Waals surface area contributed by atoms with Crippen molar-refractivity contribution in [3.8, 4) is 5.75 Å². The molecular weight excluding hydrogens is 326 g/mol. The predicted molar refractivity (Wildman–Crippen MR) is 105 cm³/mol. The second-order valence-electron chi connectivity index (χ2n) is 6.14. The average molecular weight is 349 g/mol. The number of carbonyl (C=O) groups excluding carboxylic acids is 1. The molecule has 2 N–H and O–H groups in total. The Kier molecular flexibility index (Phi) is 5.69. The molecular formula is C21H23N3O2. The first-order valence-electron chi connectivity index (χ1n) is 8.84. The number of H-pyrrole nitrogens is 1. The smallest absolute Gasteiger partial charge is 0.229 e. The van der Waals surface area contributed by atoms with E-state index in [4.69, 9.17) is 4.74 Å². The number of aromatic nitrogens is 1. The second kappa shape index (κ2) is 8.34. The molecule has 0 fully saturated rings. The molecule has 1 aromatic heterocycles. The topological polar surface area (TPSA) is 66.5 Å². The van der Waals surface area contributed by atoms with Gasteiger partial charge in [0.15, 0.2) is 0 Å². The summed E-state index contributed by atoms with van der Waals surface area (Å²) >= 11 is 0. The van der Waals surface area contributed by atoms with Crippen molar-refractivity contribution in [2.24, 2.45) is 4.99 Å². The molecule has 1 aliphatic rings. The number of nitrogens with one attached hydrogen (secondary N) is 2. The summed E-state index contributed by atoms with van der Waals surface area (Å²) < 4.78 is 5.87. The maximum Gasteiger partial charge on any atom is 0.229 e. The average Bonchev–Trinajstić information content (AvgIpc) is 2.87. The molecule has 134 valence electrons. The van der Waals surface area contributed by atoms with E-state index in [1.807, 2.05) is 48.5 Å². The first-order chi connectivity index (χ1) is 12.7. The normalized spacial score (nSPS) is 12.6. The quantitative estimate of drug-likeness (QED) is 0.731. The van der Waals surface area contributed by atoms with Crippen LogP contribution in [0.2, 0.25) is 0 Å². The number of fused-ring (bicyclic) bond motifs is 3. The third-order valence-corrected chi connectivity index (χ3v) is 3.86. The van der Waals surface area contributed by atoms with E-state index in [0.717, 1.165) is 33.6 Å². The molecule has 0 aliphatic carbocycles. The predicted octanol–water partition coefficient (Wildman–Crippen LogP) is 4.50. The largest absolute Gasteiger partial charge is 0.489 e. The van der Waals surface area contributed by atoms with Crippen molar-refractivity contribution < 1.29 is 9.53 Å². The summed E-state index contributed by atoms with van der Waals surface area (Å²) in [7, 11) is 0. The number of nitrogens with zero attached hydrogens (tertiary/aromatic N) is 1. The van der Waals surface area contributed by atoms with E-state index in [2.05, 4.69) is 29.1 Å². The minimum atomic E-state index is -0.0657. The number of rotatable bonds is 3. The highest BCUT2D eigenvalue weighted by Crippen LogP contribution is 2.32. The fourth-order valence-electron chi connectivity index (χ4n) is 2.71. The summed E-state index contributed by atoms with van der Waals surface area (Å²) in [5.74, 6) is 1.43. The van der Waals surface area contributed by atoms with Crippen LogP contribution in [0.5, 0.6) is 5.75 Å². The van der Waals surface area contributed by atoms with Crippen molar-refractivity contribution in [2.75, 3.05) is 0 Å². The molecule has 0 saturated heterocycles. The molecule has 0 radical (unpaired) electrons. The molecule has 0 unspecified atom stereocenters. The number of amides is 1. The maximum atomic E-state index is 11.7. The lowest BCUT2D eigenvalue weighted by Gasteiger charge is -2.07. The number of carbonyl (C=O) groups is 1. The van der Waals surface area contributed by atoms with Crippen molar-refractivity contribution in [1.29, 1.82) is 0 Å². The molecule has 26 heavy (non-hydrogen) atoms. The molecule has 5 nitrogen and oxygen atoms in total. The van der Waals surface area contributed by atoms with Gasteiger partial charge in [-0.05, 0) is 23.8 Å². The van der Waals surface area contributed by atoms with Gasteiger partial charge in [-0.2, -0.15) is 0 Å². The lowest BCUT2D eigenvalue weighted by molar-refractivity contribution is -0.118. The maximum absolute atomic E-state index is 11.7. The van der Waals surface area contributed by atoms with Crippen LogP contribution >= 0.6 is 0 Å². The summed E-state index contributed by atoms with van der Waals surface area (Å²) in [5, 5.41) is 3.59. The van der Waals surface area contributed by atoms with Crippen LogP contribution in [0.3, 0.4) is 0 Å². The zero-order chi connectivity index (χ0) is 18.4. The summed E-state index contributed by atoms with van der Waals surface area (Å²) in [5.41, 5.74) is 2.97. The van der Waals surface area contributed by atoms with E-state index in [0.29, 0.717) is 13.0 Å². The Labute approximate surface area is 153 Å². The van der Waals surface area contributed by atoms with Crippen LogP contribution in [0.15, 0.2) is 53.5 Å². The van der Waals surface area contributed by atoms with Gasteiger partial charge in [-0.25, -0.2) is 4.99 Å². The second-order valence-corrected chi connectivity index (χ2v) is 6.14. The van der Waals surface area contributed by atoms with Gasteiger partial charge in [0, 0.05) is 16.5 Å². The number of hydrogen-bond acceptors (Lipinski definition) is 3. The van der Waals surface area contributed by atoms with E-state index >= 15 is 0 Å². The Morgan fingerprint density at radius 3 is 2.65 bits per heavy atom. The van der Waals surface area contributed by atoms with E-state index < -0.39 is 0 Å². The van der Waals surface area contributed by atoms with Gasteiger partial charge in [0.2, 0.25) is 5.91 Å². The molecule has 1 aliphatic heterocycles. The summed E-state index contributed by atoms with van der Waals surface area (Å²) in [6, 6.07) is 15.9. The Bertz CT molecular complexity index is 914. The Morgan fingerprint density at radius 2 is 1.88 bits per heavy atom. The molecule has 0 spiro atoms. The van der Waals surface area contributed by atoms with Gasteiger partial charge in [-0.15, -0.1) is 0 Å². The summed E-state index contributed by atoms with van der Waals surface area (Å²) in [4.78, 5) is 19.2. The molecule has 2 aromatic carbocycles. The first kappa shape index (κ1) is 17.7. The molecule has 4 rings (SSSR count). The molecule has 0 saturated carbocycles. The number of aliphatic imine (C=N–C) groups is 1. The molecule has 1 amide bonds. The van der Waals surface area contributed by atoms with E-state index in [1.54, 1.807) is 0 Å². The lowest BCUT2D eigenvalue weighted by atomic mass is 10.1. The van der Waals surface area contributed by atoms with Crippen LogP contribution in [-0.4, -0.2) is 17.2 Å². The first-order valence-corrected chi connectivity index (χ1v) is 8.84. The third-order valence-electron chi connectivity index (χ3n) is 3.86. The Hall–Kier alpha value is -3.08. The standard InChI is InChI=1S/C18H15N3O2.C3H8/c22-17-9-15-14-8-13(23-10-12-4-2-1-3-5-12)6-7-16(14)21-18(15)20-11-19-17;1-3-2/h1-8,11,21H,9-10H2,(H,19,20,22);3H2,1-2H3. The van der Waals surface area contributed by atoms with Gasteiger partial charge in [0.25, 0.3) is 0 Å². The van der Waals surface area contributed by atoms with Gasteiger partial charge >= 0.3 is 0 Å². The van der Waals surface area contributed by atoms with E-state index in [-0.39, 0.29) is 5.91 Å². The molecule has 5 heteroatoms. The minimum absolute atomic E-state index is 0.0657. The highest BCUT2D eigenvalue weighted by molar-refractivity contribution is 5.99. The van der Waals surface area contributed by atoms with Crippen molar-refractivity contribution in [3.05, 3.63) is 59.7 Å². The zero-order valence-corrected chi connectivity index (χ0v) is 15.1. The van der Waals surface area contributed by atoms with Gasteiger partial charge in [0.1, 0.15) is 18.2 Å². The van der Waals surface area contributed by atoms with Crippen LogP contribution in [0.1, 0.15) is 31.4 Å². The van der Waals surface area contributed by atoms with E-state index in [9.17, 15) is 4.79 Å². The van der Waals surface area contributed by atoms with Gasteiger partial charge < -0.3 is 15.0 Å². The monoisotopic (exact) mass is 349 g/mol. The van der Waals surface area contributed by atoms with Crippen LogP contribution < -0.4 is 10.1 Å². The Balaban J connectivity index is 0.000000613. The highest BCUT2D eigenvalue weighted by atomic mass is 16.5. The van der Waals surface area contributed by atoms with E-state index in [1.165, 1.54) is 12.8 Å². The van der Waals surface area contributed by atoms with Gasteiger partial charge in [-0.1, -0.05) is 50.6 Å². The van der Waals surface area contributed by atoms with Gasteiger partial charge in [0.05, 0.1) is 12.8 Å².